The van der Waals surface area contributed by atoms with Gasteiger partial charge < -0.3 is 20.5 Å². The third-order valence-corrected chi connectivity index (χ3v) is 6.56. The lowest BCUT2D eigenvalue weighted by Crippen LogP contribution is -2.41. The molecule has 0 atom stereocenters. The van der Waals surface area contributed by atoms with Crippen molar-refractivity contribution in [2.24, 2.45) is 5.92 Å². The molecule has 1 saturated heterocycles. The molecule has 2 amide bonds. The molecule has 3 rings (SSSR count). The number of aryl methyl sites for hydroxylation is 1. The molecule has 10 heteroatoms. The molecule has 1 fully saturated rings. The molecule has 0 aliphatic carbocycles. The van der Waals surface area contributed by atoms with Crippen LogP contribution in [0.1, 0.15) is 45.5 Å². The van der Waals surface area contributed by atoms with Gasteiger partial charge in [0.25, 0.3) is 5.91 Å². The van der Waals surface area contributed by atoms with Crippen molar-refractivity contribution in [3.8, 4) is 11.5 Å². The van der Waals surface area contributed by atoms with Crippen LogP contribution < -0.4 is 15.4 Å². The highest BCUT2D eigenvalue weighted by atomic mass is 19.4. The van der Waals surface area contributed by atoms with Crippen molar-refractivity contribution in [1.82, 2.24) is 15.5 Å². The van der Waals surface area contributed by atoms with Crippen molar-refractivity contribution in [3.63, 3.8) is 0 Å². The number of phenols is 1. The van der Waals surface area contributed by atoms with Crippen molar-refractivity contribution in [1.29, 1.82) is 0 Å². The molecule has 36 heavy (non-hydrogen) atoms. The topological polar surface area (TPSA) is 90.9 Å². The first-order chi connectivity index (χ1) is 17.0. The molecule has 1 aliphatic rings. The summed E-state index contributed by atoms with van der Waals surface area (Å²) in [6.07, 6.45) is -2.79. The number of aromatic hydroxyl groups is 1. The summed E-state index contributed by atoms with van der Waals surface area (Å²) >= 11 is 0. The highest BCUT2D eigenvalue weighted by Crippen LogP contribution is 2.35. The summed E-state index contributed by atoms with van der Waals surface area (Å²) in [5.74, 6) is -0.271. The number of amides is 2. The third-order valence-electron chi connectivity index (χ3n) is 6.56. The zero-order valence-electron chi connectivity index (χ0n) is 20.7. The average Bonchev–Trinajstić information content (AvgIpc) is 2.81. The van der Waals surface area contributed by atoms with Crippen LogP contribution in [0.3, 0.4) is 0 Å². The predicted molar refractivity (Wildman–Crippen MR) is 129 cm³/mol. The predicted octanol–water partition coefficient (Wildman–Crippen LogP) is 3.79. The van der Waals surface area contributed by atoms with Crippen LogP contribution in [0.4, 0.5) is 13.2 Å². The number of piperidine rings is 1. The van der Waals surface area contributed by atoms with Crippen molar-refractivity contribution in [2.45, 2.75) is 39.4 Å². The maximum atomic E-state index is 13.3. The molecule has 1 aliphatic heterocycles. The van der Waals surface area contributed by atoms with E-state index in [4.69, 9.17) is 4.74 Å². The van der Waals surface area contributed by atoms with Gasteiger partial charge in [-0.15, -0.1) is 0 Å². The maximum absolute atomic E-state index is 13.3. The van der Waals surface area contributed by atoms with Crippen LogP contribution in [0.15, 0.2) is 30.3 Å². The number of ether oxygens (including phenoxy) is 1. The summed E-state index contributed by atoms with van der Waals surface area (Å²) in [4.78, 5) is 26.9. The van der Waals surface area contributed by atoms with Gasteiger partial charge in [0, 0.05) is 18.7 Å². The maximum Gasteiger partial charge on any atom is 0.416 e. The number of rotatable bonds is 8. The molecule has 0 unspecified atom stereocenters. The Bertz CT molecular complexity index is 1100. The second kappa shape index (κ2) is 11.6. The van der Waals surface area contributed by atoms with E-state index in [0.29, 0.717) is 24.8 Å². The Morgan fingerprint density at radius 2 is 1.81 bits per heavy atom. The van der Waals surface area contributed by atoms with E-state index < -0.39 is 17.6 Å². The van der Waals surface area contributed by atoms with Crippen LogP contribution in [-0.4, -0.2) is 55.1 Å². The van der Waals surface area contributed by atoms with Gasteiger partial charge in [-0.1, -0.05) is 12.1 Å². The van der Waals surface area contributed by atoms with Gasteiger partial charge in [0.05, 0.1) is 19.2 Å². The number of methoxy groups -OCH3 is 1. The number of hydrogen-bond donors (Lipinski definition) is 3. The quantitative estimate of drug-likeness (QED) is 0.506. The Balaban J connectivity index is 1.42. The minimum absolute atomic E-state index is 0.0440. The molecule has 0 saturated carbocycles. The Morgan fingerprint density at radius 1 is 1.11 bits per heavy atom. The number of phenolic OH excluding ortho intramolecular Hbond substituents is 1. The molecule has 1 heterocycles. The number of benzene rings is 2. The highest BCUT2D eigenvalue weighted by molar-refractivity contribution is 5.98. The van der Waals surface area contributed by atoms with E-state index >= 15 is 0 Å². The number of hydrogen-bond acceptors (Lipinski definition) is 5. The van der Waals surface area contributed by atoms with E-state index in [1.807, 2.05) is 6.07 Å². The Hall–Kier alpha value is -3.27. The summed E-state index contributed by atoms with van der Waals surface area (Å²) in [5.41, 5.74) is -0.0468. The van der Waals surface area contributed by atoms with Crippen molar-refractivity contribution in [3.05, 3.63) is 58.1 Å². The number of nitrogens with one attached hydrogen (secondary N) is 2. The van der Waals surface area contributed by atoms with Crippen LogP contribution in [0.5, 0.6) is 11.5 Å². The first kappa shape index (κ1) is 27.3. The van der Waals surface area contributed by atoms with E-state index in [9.17, 15) is 27.9 Å². The van der Waals surface area contributed by atoms with Gasteiger partial charge in [0.15, 0.2) is 11.5 Å². The second-order valence-corrected chi connectivity index (χ2v) is 9.14. The van der Waals surface area contributed by atoms with Crippen molar-refractivity contribution >= 4 is 11.8 Å². The van der Waals surface area contributed by atoms with Crippen LogP contribution in [0, 0.1) is 19.8 Å². The molecule has 3 N–H and O–H groups in total. The molecule has 0 radical (unpaired) electrons. The van der Waals surface area contributed by atoms with E-state index in [0.717, 1.165) is 31.5 Å². The summed E-state index contributed by atoms with van der Waals surface area (Å²) in [5, 5.41) is 15.2. The zero-order chi connectivity index (χ0) is 26.5. The van der Waals surface area contributed by atoms with Gasteiger partial charge in [0.2, 0.25) is 5.91 Å². The summed E-state index contributed by atoms with van der Waals surface area (Å²) in [6.45, 7) is 5.16. The Morgan fingerprint density at radius 3 is 2.42 bits per heavy atom. The van der Waals surface area contributed by atoms with Gasteiger partial charge in [0.1, 0.15) is 0 Å². The standard InChI is InChI=1S/C26H32F3N3O4/c1-16-4-6-20(17(2)24(16)26(27,28)29)25(35)31-14-23(34)30-13-18-8-10-32(11-9-18)15-19-5-7-22(36-3)21(33)12-19/h4-7,12,18,33H,8-11,13-15H2,1-3H3,(H,30,34)(H,31,35). The van der Waals surface area contributed by atoms with Crippen LogP contribution in [-0.2, 0) is 17.5 Å². The molecule has 7 nitrogen and oxygen atoms in total. The third kappa shape index (κ3) is 6.90. The molecule has 0 spiro atoms. The van der Waals surface area contributed by atoms with E-state index in [1.54, 1.807) is 12.1 Å². The lowest BCUT2D eigenvalue weighted by atomic mass is 9.96. The minimum atomic E-state index is -4.56. The number of likely N-dealkylation sites (tertiary alicyclic amines) is 1. The van der Waals surface area contributed by atoms with Gasteiger partial charge in [-0.3, -0.25) is 14.5 Å². The van der Waals surface area contributed by atoms with Gasteiger partial charge in [-0.25, -0.2) is 0 Å². The minimum Gasteiger partial charge on any atom is -0.504 e. The molecule has 196 valence electrons. The van der Waals surface area contributed by atoms with E-state index in [1.165, 1.54) is 33.1 Å². The first-order valence-corrected chi connectivity index (χ1v) is 11.8. The van der Waals surface area contributed by atoms with E-state index in [-0.39, 0.29) is 34.9 Å². The fourth-order valence-electron chi connectivity index (χ4n) is 4.55. The summed E-state index contributed by atoms with van der Waals surface area (Å²) < 4.78 is 45.0. The number of carbonyl (C=O) groups excluding carboxylic acids is 2. The second-order valence-electron chi connectivity index (χ2n) is 9.14. The zero-order valence-corrected chi connectivity index (χ0v) is 20.7. The fraction of sp³-hybridized carbons (Fsp3) is 0.462. The highest BCUT2D eigenvalue weighted by Gasteiger charge is 2.35. The Kier molecular flexibility index (Phi) is 8.84. The SMILES string of the molecule is COc1ccc(CN2CCC(CNC(=O)CNC(=O)c3ccc(C)c(C(F)(F)F)c3C)CC2)cc1O. The van der Waals surface area contributed by atoms with Gasteiger partial charge >= 0.3 is 6.18 Å². The fourth-order valence-corrected chi connectivity index (χ4v) is 4.55. The molecular weight excluding hydrogens is 475 g/mol. The summed E-state index contributed by atoms with van der Waals surface area (Å²) in [6, 6.07) is 7.95. The molecule has 2 aromatic carbocycles. The van der Waals surface area contributed by atoms with Crippen molar-refractivity contribution < 1.29 is 32.6 Å². The summed E-state index contributed by atoms with van der Waals surface area (Å²) in [7, 11) is 1.50. The number of carbonyl (C=O) groups is 2. The molecule has 2 aromatic rings. The van der Waals surface area contributed by atoms with Crippen LogP contribution >= 0.6 is 0 Å². The smallest absolute Gasteiger partial charge is 0.416 e. The number of nitrogens with zero attached hydrogens (tertiary/aromatic N) is 1. The van der Waals surface area contributed by atoms with Crippen LogP contribution in [0.2, 0.25) is 0 Å². The first-order valence-electron chi connectivity index (χ1n) is 11.8. The number of halogens is 3. The van der Waals surface area contributed by atoms with Crippen LogP contribution in [0.25, 0.3) is 0 Å². The lowest BCUT2D eigenvalue weighted by molar-refractivity contribution is -0.138. The monoisotopic (exact) mass is 507 g/mol. The lowest BCUT2D eigenvalue weighted by Gasteiger charge is -2.32. The largest absolute Gasteiger partial charge is 0.504 e. The molecular formula is C26H32F3N3O4. The number of alkyl halides is 3. The van der Waals surface area contributed by atoms with Gasteiger partial charge in [-0.2, -0.15) is 13.2 Å². The molecule has 0 bridgehead atoms. The molecule has 0 aromatic heterocycles. The van der Waals surface area contributed by atoms with Crippen molar-refractivity contribution in [2.75, 3.05) is 33.3 Å². The normalized spacial score (nSPS) is 14.9. The average molecular weight is 508 g/mol. The Labute approximate surface area is 208 Å². The van der Waals surface area contributed by atoms with Gasteiger partial charge in [-0.05, 0) is 80.6 Å². The van der Waals surface area contributed by atoms with E-state index in [2.05, 4.69) is 15.5 Å².